The average Bonchev–Trinajstić information content (AvgIpc) is 2.60. The molecule has 0 aliphatic heterocycles. The first kappa shape index (κ1) is 15.7. The molecule has 1 rings (SSSR count). The molecule has 1 aromatic rings. The van der Waals surface area contributed by atoms with Gasteiger partial charge >= 0.3 is 0 Å². The molecule has 0 bridgehead atoms. The molecule has 0 fully saturated rings. The Bertz CT molecular complexity index is 593. The molecule has 1 aromatic heterocycles. The van der Waals surface area contributed by atoms with Gasteiger partial charge in [0.2, 0.25) is 19.7 Å². The Kier molecular flexibility index (Phi) is 4.31. The molecule has 0 spiro atoms. The number of rotatable bonds is 4. The summed E-state index contributed by atoms with van der Waals surface area (Å²) in [5, 5.41) is 5.69. The van der Waals surface area contributed by atoms with E-state index in [0.29, 0.717) is 0 Å². The summed E-state index contributed by atoms with van der Waals surface area (Å²) in [5.74, 6) is 0. The van der Waals surface area contributed by atoms with Crippen LogP contribution >= 0.6 is 23.2 Å². The van der Waals surface area contributed by atoms with Gasteiger partial charge in [-0.25, -0.2) is 16.8 Å². The van der Waals surface area contributed by atoms with Crippen molar-refractivity contribution < 1.29 is 16.8 Å². The van der Waals surface area contributed by atoms with E-state index in [9.17, 15) is 16.8 Å². The second-order valence-electron chi connectivity index (χ2n) is 3.50. The molecule has 0 aliphatic carbocycles. The lowest BCUT2D eigenvalue weighted by Crippen LogP contribution is -2.20. The number of halogens is 2. The van der Waals surface area contributed by atoms with Gasteiger partial charge in [0.05, 0.1) is 0 Å². The monoisotopic (exact) mass is 335 g/mol. The second kappa shape index (κ2) is 4.95. The van der Waals surface area contributed by atoms with Gasteiger partial charge in [0, 0.05) is 7.05 Å². The standard InChI is InChI=1S/C7H11Cl2N3O4S2/c1-4(8)17(13,14)6-10-11-7(12(6)3)18(15,16)5(2)9/h4-5H,1-3H3. The van der Waals surface area contributed by atoms with Crippen LogP contribution in [0, 0.1) is 0 Å². The zero-order chi connectivity index (χ0) is 14.3. The summed E-state index contributed by atoms with van der Waals surface area (Å²) >= 11 is 11.0. The van der Waals surface area contributed by atoms with E-state index in [1.165, 1.54) is 20.9 Å². The fourth-order valence-corrected chi connectivity index (χ4v) is 3.45. The van der Waals surface area contributed by atoms with Crippen molar-refractivity contribution in [1.29, 1.82) is 0 Å². The van der Waals surface area contributed by atoms with Crippen molar-refractivity contribution in [3.8, 4) is 0 Å². The Morgan fingerprint density at radius 2 is 1.22 bits per heavy atom. The maximum Gasteiger partial charge on any atom is 0.251 e. The number of alkyl halides is 2. The quantitative estimate of drug-likeness (QED) is 0.744. The predicted octanol–water partition coefficient (Wildman–Crippen LogP) is 0.532. The van der Waals surface area contributed by atoms with Crippen molar-refractivity contribution in [2.75, 3.05) is 0 Å². The van der Waals surface area contributed by atoms with Crippen LogP contribution in [0.1, 0.15) is 13.8 Å². The van der Waals surface area contributed by atoms with Crippen molar-refractivity contribution in [3.05, 3.63) is 0 Å². The Labute approximate surface area is 115 Å². The average molecular weight is 336 g/mol. The summed E-state index contributed by atoms with van der Waals surface area (Å²) in [6, 6.07) is 0. The van der Waals surface area contributed by atoms with E-state index < -0.39 is 39.4 Å². The van der Waals surface area contributed by atoms with Crippen LogP contribution in [0.5, 0.6) is 0 Å². The number of nitrogens with zero attached hydrogens (tertiary/aromatic N) is 3. The molecule has 2 unspecified atom stereocenters. The first-order valence-electron chi connectivity index (χ1n) is 4.68. The van der Waals surface area contributed by atoms with Gasteiger partial charge in [-0.2, -0.15) is 0 Å². The minimum Gasteiger partial charge on any atom is -0.292 e. The highest BCUT2D eigenvalue weighted by molar-refractivity contribution is 7.93. The van der Waals surface area contributed by atoms with Crippen LogP contribution in [0.25, 0.3) is 0 Å². The Morgan fingerprint density at radius 3 is 1.44 bits per heavy atom. The summed E-state index contributed by atoms with van der Waals surface area (Å²) in [4.78, 5) is 0. The fraction of sp³-hybridized carbons (Fsp3) is 0.714. The first-order valence-corrected chi connectivity index (χ1v) is 8.64. The molecule has 1 heterocycles. The van der Waals surface area contributed by atoms with E-state index in [1.54, 1.807) is 0 Å². The molecular formula is C7H11Cl2N3O4S2. The molecule has 0 amide bonds. The molecule has 0 aliphatic rings. The zero-order valence-corrected chi connectivity index (χ0v) is 12.8. The van der Waals surface area contributed by atoms with Crippen molar-refractivity contribution in [1.82, 2.24) is 14.8 Å². The molecule has 0 saturated heterocycles. The summed E-state index contributed by atoms with van der Waals surface area (Å²) < 4.78 is 45.5. The van der Waals surface area contributed by atoms with Crippen LogP contribution in [-0.2, 0) is 26.7 Å². The molecule has 0 aromatic carbocycles. The van der Waals surface area contributed by atoms with Crippen molar-refractivity contribution >= 4 is 42.9 Å². The third-order valence-corrected chi connectivity index (χ3v) is 7.01. The maximum atomic E-state index is 11.8. The summed E-state index contributed by atoms with van der Waals surface area (Å²) in [5.41, 5.74) is 0. The third-order valence-electron chi connectivity index (χ3n) is 2.16. The van der Waals surface area contributed by atoms with Crippen LogP contribution in [0.4, 0.5) is 0 Å². The topological polar surface area (TPSA) is 99.0 Å². The molecule has 11 heteroatoms. The smallest absolute Gasteiger partial charge is 0.251 e. The first-order chi connectivity index (χ1) is 8.02. The van der Waals surface area contributed by atoms with Gasteiger partial charge in [0.1, 0.15) is 9.42 Å². The van der Waals surface area contributed by atoms with Gasteiger partial charge in [0.25, 0.3) is 10.3 Å². The van der Waals surface area contributed by atoms with E-state index in [4.69, 9.17) is 23.2 Å². The number of sulfone groups is 2. The molecule has 18 heavy (non-hydrogen) atoms. The lowest BCUT2D eigenvalue weighted by molar-refractivity contribution is 0.561. The molecule has 0 N–H and O–H groups in total. The van der Waals surface area contributed by atoms with Gasteiger partial charge in [-0.15, -0.1) is 33.4 Å². The Balaban J connectivity index is 3.49. The highest BCUT2D eigenvalue weighted by Gasteiger charge is 2.33. The normalized spacial score (nSPS) is 16.5. The summed E-state index contributed by atoms with van der Waals surface area (Å²) in [6.07, 6.45) is 0. The third kappa shape index (κ3) is 2.49. The SMILES string of the molecule is CC(Cl)S(=O)(=O)c1nnc(S(=O)(=O)C(C)Cl)n1C. The molecular weight excluding hydrogens is 325 g/mol. The largest absolute Gasteiger partial charge is 0.292 e. The maximum absolute atomic E-state index is 11.8. The van der Waals surface area contributed by atoms with Gasteiger partial charge in [0.15, 0.2) is 0 Å². The van der Waals surface area contributed by atoms with Crippen LogP contribution in [0.3, 0.4) is 0 Å². The van der Waals surface area contributed by atoms with E-state index >= 15 is 0 Å². The lowest BCUT2D eigenvalue weighted by Gasteiger charge is -2.07. The van der Waals surface area contributed by atoms with E-state index in [2.05, 4.69) is 10.2 Å². The minimum absolute atomic E-state index is 0.513. The second-order valence-corrected chi connectivity index (χ2v) is 9.65. The molecule has 0 saturated carbocycles. The number of aromatic nitrogens is 3. The lowest BCUT2D eigenvalue weighted by atomic mass is 11.0. The zero-order valence-electron chi connectivity index (χ0n) is 9.70. The molecule has 2 atom stereocenters. The van der Waals surface area contributed by atoms with Gasteiger partial charge in [-0.05, 0) is 13.8 Å². The number of hydrogen-bond donors (Lipinski definition) is 0. The highest BCUT2D eigenvalue weighted by Crippen LogP contribution is 2.21. The molecule has 7 nitrogen and oxygen atoms in total. The Morgan fingerprint density at radius 1 is 0.944 bits per heavy atom. The summed E-state index contributed by atoms with van der Waals surface area (Å²) in [7, 11) is -6.63. The van der Waals surface area contributed by atoms with Crippen molar-refractivity contribution in [2.45, 2.75) is 33.6 Å². The van der Waals surface area contributed by atoms with Crippen LogP contribution in [0.15, 0.2) is 10.3 Å². The van der Waals surface area contributed by atoms with E-state index in [0.717, 1.165) is 4.57 Å². The van der Waals surface area contributed by atoms with Crippen LogP contribution in [0.2, 0.25) is 0 Å². The number of hydrogen-bond acceptors (Lipinski definition) is 6. The fourth-order valence-electron chi connectivity index (χ4n) is 1.09. The van der Waals surface area contributed by atoms with Gasteiger partial charge in [-0.1, -0.05) is 0 Å². The minimum atomic E-state index is -3.93. The highest BCUT2D eigenvalue weighted by atomic mass is 35.5. The predicted molar refractivity (Wildman–Crippen MR) is 66.0 cm³/mol. The van der Waals surface area contributed by atoms with Crippen molar-refractivity contribution in [3.63, 3.8) is 0 Å². The summed E-state index contributed by atoms with van der Waals surface area (Å²) in [6.45, 7) is 2.48. The van der Waals surface area contributed by atoms with Gasteiger partial charge in [-0.3, -0.25) is 4.57 Å². The molecule has 104 valence electrons. The van der Waals surface area contributed by atoms with Crippen LogP contribution in [-0.4, -0.2) is 41.0 Å². The Hall–Kier alpha value is -0.380. The van der Waals surface area contributed by atoms with Crippen molar-refractivity contribution in [2.24, 2.45) is 7.05 Å². The van der Waals surface area contributed by atoms with Crippen LogP contribution < -0.4 is 0 Å². The van der Waals surface area contributed by atoms with E-state index in [1.807, 2.05) is 0 Å². The molecule has 0 radical (unpaired) electrons. The van der Waals surface area contributed by atoms with Gasteiger partial charge < -0.3 is 0 Å². The van der Waals surface area contributed by atoms with E-state index in [-0.39, 0.29) is 0 Å².